The van der Waals surface area contributed by atoms with Crippen molar-refractivity contribution < 1.29 is 0 Å². The lowest BCUT2D eigenvalue weighted by Crippen LogP contribution is -2.30. The Morgan fingerprint density at radius 3 is 0.778 bits per heavy atom. The van der Waals surface area contributed by atoms with Crippen LogP contribution in [-0.2, 0) is 32.5 Å². The minimum Gasteiger partial charge on any atom is -0.0616 e. The van der Waals surface area contributed by atoms with E-state index in [0.29, 0.717) is 0 Å². The molecule has 0 unspecified atom stereocenters. The molecule has 0 spiro atoms. The van der Waals surface area contributed by atoms with Crippen LogP contribution < -0.4 is 10.6 Å². The van der Waals surface area contributed by atoms with Crippen molar-refractivity contribution in [2.45, 2.75) is 157 Å². The van der Waals surface area contributed by atoms with Crippen LogP contribution in [0.4, 0.5) is 0 Å². The van der Waals surface area contributed by atoms with Crippen LogP contribution >= 0.6 is 16.4 Å². The fourth-order valence-electron chi connectivity index (χ4n) is 7.91. The van der Waals surface area contributed by atoms with E-state index < -0.39 is 0 Å². The number of benzene rings is 5. The number of rotatable bonds is 2. The summed E-state index contributed by atoms with van der Waals surface area (Å²) in [6.45, 7) is 43.1. The second-order valence-electron chi connectivity index (χ2n) is 22.1. The molecule has 284 valence electrons. The van der Waals surface area contributed by atoms with Crippen LogP contribution in [0, 0.1) is 9.88 Å². The fraction of sp³-hybridized carbons (Fsp3) is 0.462. The highest BCUT2D eigenvalue weighted by molar-refractivity contribution is 7.42. The minimum atomic E-state index is -0.0122. The van der Waals surface area contributed by atoms with E-state index in [1.807, 2.05) is 0 Å². The first-order valence-electron chi connectivity index (χ1n) is 20.1. The summed E-state index contributed by atoms with van der Waals surface area (Å²) >= 11 is 0. The Hall–Kier alpha value is -3.04. The second-order valence-corrected chi connectivity index (χ2v) is 24.3. The molecule has 0 aliphatic rings. The number of hydrogen-bond acceptors (Lipinski definition) is 0. The van der Waals surface area contributed by atoms with Gasteiger partial charge in [-0.25, -0.2) is 0 Å². The molecule has 0 fully saturated rings. The van der Waals surface area contributed by atoms with Crippen molar-refractivity contribution in [3.63, 3.8) is 0 Å². The monoisotopic (exact) mass is 752 g/mol. The average molecular weight is 753 g/mol. The van der Waals surface area contributed by atoms with Gasteiger partial charge in [0.25, 0.3) is 0 Å². The zero-order valence-corrected chi connectivity index (χ0v) is 38.6. The van der Waals surface area contributed by atoms with Gasteiger partial charge in [-0.05, 0) is 87.4 Å². The maximum absolute atomic E-state index is 2.55. The van der Waals surface area contributed by atoms with Gasteiger partial charge in [-0.1, -0.05) is 214 Å². The highest BCUT2D eigenvalue weighted by Crippen LogP contribution is 2.46. The topological polar surface area (TPSA) is 0 Å². The SMILES string of the molecule is CC(C)(C)c1cc(C(C)(C)C)c(P=c2c(=Pc3c(C(C)(C)C)cc(C(C)(C)C)cc3C(C)(C)C)c3c4ccccc4c4ccccc4c23)c(C(C)(C)C)c1. The average Bonchev–Trinajstić information content (AvgIpc) is 3.02. The molecule has 0 aliphatic carbocycles. The molecule has 0 aliphatic heterocycles. The van der Waals surface area contributed by atoms with Crippen LogP contribution in [0.15, 0.2) is 72.8 Å². The highest BCUT2D eigenvalue weighted by atomic mass is 31.1. The van der Waals surface area contributed by atoms with E-state index >= 15 is 0 Å². The quantitative estimate of drug-likeness (QED) is 0.122. The summed E-state index contributed by atoms with van der Waals surface area (Å²) in [4.78, 5) is 2.99. The van der Waals surface area contributed by atoms with Gasteiger partial charge in [0, 0.05) is 31.3 Å². The molecule has 0 saturated heterocycles. The molecule has 0 aromatic heterocycles. The zero-order chi connectivity index (χ0) is 40.1. The van der Waals surface area contributed by atoms with Gasteiger partial charge in [0.1, 0.15) is 0 Å². The van der Waals surface area contributed by atoms with Crippen LogP contribution in [0.5, 0.6) is 0 Å². The third-order valence-electron chi connectivity index (χ3n) is 11.3. The summed E-state index contributed by atoms with van der Waals surface area (Å²) in [7, 11) is 2.61. The maximum atomic E-state index is 2.55. The Kier molecular flexibility index (Phi) is 9.99. The van der Waals surface area contributed by atoms with E-state index in [0.717, 1.165) is 0 Å². The van der Waals surface area contributed by atoms with E-state index in [1.54, 1.807) is 0 Å². The van der Waals surface area contributed by atoms with Gasteiger partial charge in [-0.2, -0.15) is 0 Å². The molecular weight excluding hydrogens is 687 g/mol. The van der Waals surface area contributed by atoms with E-state index in [9.17, 15) is 0 Å². The van der Waals surface area contributed by atoms with Crippen molar-refractivity contribution in [2.75, 3.05) is 0 Å². The van der Waals surface area contributed by atoms with Crippen LogP contribution in [0.2, 0.25) is 0 Å². The van der Waals surface area contributed by atoms with Crippen LogP contribution in [0.3, 0.4) is 0 Å². The van der Waals surface area contributed by atoms with Gasteiger partial charge in [-0.15, -0.1) is 0 Å². The number of hydrogen-bond donors (Lipinski definition) is 0. The molecule has 0 radical (unpaired) electrons. The summed E-state index contributed by atoms with van der Waals surface area (Å²) in [6, 6.07) is 28.5. The molecule has 0 nitrogen and oxygen atoms in total. The van der Waals surface area contributed by atoms with Gasteiger partial charge in [-0.3, -0.25) is 0 Å². The summed E-state index contributed by atoms with van der Waals surface area (Å²) in [5.41, 5.74) is 8.83. The molecule has 2 heteroatoms. The van der Waals surface area contributed by atoms with Crippen molar-refractivity contribution in [1.82, 2.24) is 0 Å². The molecule has 0 N–H and O–H groups in total. The Morgan fingerprint density at radius 2 is 0.556 bits per heavy atom. The smallest absolute Gasteiger partial charge is 0.0234 e. The second kappa shape index (κ2) is 13.3. The van der Waals surface area contributed by atoms with Crippen molar-refractivity contribution in [3.05, 3.63) is 116 Å². The molecule has 6 aromatic rings. The van der Waals surface area contributed by atoms with Crippen molar-refractivity contribution >= 4 is 59.3 Å². The molecule has 6 rings (SSSR count). The number of fused-ring (bicyclic) bond motifs is 6. The molecule has 0 heterocycles. The Morgan fingerprint density at radius 1 is 0.315 bits per heavy atom. The summed E-state index contributed by atoms with van der Waals surface area (Å²) in [5, 5.41) is 11.3. The summed E-state index contributed by atoms with van der Waals surface area (Å²) in [6.07, 6.45) is 0. The maximum Gasteiger partial charge on any atom is 0.0234 e. The molecule has 0 bridgehead atoms. The van der Waals surface area contributed by atoms with Gasteiger partial charge in [0.2, 0.25) is 0 Å². The predicted molar refractivity (Wildman–Crippen MR) is 246 cm³/mol. The lowest BCUT2D eigenvalue weighted by molar-refractivity contribution is 0.553. The summed E-state index contributed by atoms with van der Waals surface area (Å²) in [5.74, 6) is 0. The van der Waals surface area contributed by atoms with E-state index in [1.165, 1.54) is 103 Å². The van der Waals surface area contributed by atoms with Gasteiger partial charge in [0.05, 0.1) is 0 Å². The van der Waals surface area contributed by atoms with Gasteiger partial charge >= 0.3 is 0 Å². The largest absolute Gasteiger partial charge is 0.0616 e. The normalized spacial score (nSPS) is 14.7. The standard InChI is InChI=1S/C52H66P2/c1-47(2,3)31-27-37(49(7,8)9)43(38(28-31)50(10,11)12)53-45-41-35-25-21-19-23-33(35)34-24-20-22-26-36(34)42(41)46(45)54-44-39(51(13,14)15)29-32(48(4,5)6)30-40(44)52(16,17)18/h19-30H,1-18H3. The first kappa shape index (κ1) is 40.6. The molecule has 0 atom stereocenters. The van der Waals surface area contributed by atoms with E-state index in [-0.39, 0.29) is 32.5 Å². The predicted octanol–water partition coefficient (Wildman–Crippen LogP) is 15.4. The third-order valence-corrected chi connectivity index (χ3v) is 14.2. The Labute approximate surface area is 331 Å². The highest BCUT2D eigenvalue weighted by Gasteiger charge is 2.31. The first-order chi connectivity index (χ1) is 24.6. The lowest BCUT2D eigenvalue weighted by Gasteiger charge is -2.33. The van der Waals surface area contributed by atoms with Crippen molar-refractivity contribution in [2.24, 2.45) is 0 Å². The molecule has 54 heavy (non-hydrogen) atoms. The summed E-state index contributed by atoms with van der Waals surface area (Å²) < 4.78 is 0. The van der Waals surface area contributed by atoms with Crippen LogP contribution in [-0.4, -0.2) is 0 Å². The third kappa shape index (κ3) is 7.45. The first-order valence-corrected chi connectivity index (χ1v) is 21.9. The van der Waals surface area contributed by atoms with Gasteiger partial charge < -0.3 is 0 Å². The van der Waals surface area contributed by atoms with Crippen LogP contribution in [0.25, 0.3) is 32.3 Å². The van der Waals surface area contributed by atoms with Crippen molar-refractivity contribution in [1.29, 1.82) is 0 Å². The molecular formula is C52H66P2. The van der Waals surface area contributed by atoms with Gasteiger partial charge in [0.15, 0.2) is 0 Å². The van der Waals surface area contributed by atoms with Crippen LogP contribution in [0.1, 0.15) is 158 Å². The Bertz CT molecular complexity index is 2270. The zero-order valence-electron chi connectivity index (χ0n) is 36.8. The van der Waals surface area contributed by atoms with Crippen molar-refractivity contribution in [3.8, 4) is 0 Å². The molecule has 0 saturated carbocycles. The minimum absolute atomic E-state index is 0.0122. The Balaban J connectivity index is 1.93. The fourth-order valence-corrected chi connectivity index (χ4v) is 11.9. The molecule has 0 amide bonds. The van der Waals surface area contributed by atoms with E-state index in [2.05, 4.69) is 197 Å². The lowest BCUT2D eigenvalue weighted by atomic mass is 9.75. The van der Waals surface area contributed by atoms with E-state index in [4.69, 9.17) is 0 Å². The molecule has 6 aromatic carbocycles.